The topological polar surface area (TPSA) is 49.3 Å². The molecule has 0 aliphatic carbocycles. The number of carbonyl (C=O) groups is 1. The molecular weight excluding hydrogens is 250 g/mol. The SMILES string of the molecule is CCCC/C=C\c1cccc(C(=O)NC(CC)CO)c1. The van der Waals surface area contributed by atoms with Crippen molar-refractivity contribution in [2.45, 2.75) is 45.6 Å². The second-order valence-corrected chi connectivity index (χ2v) is 4.93. The van der Waals surface area contributed by atoms with E-state index in [1.165, 1.54) is 12.8 Å². The van der Waals surface area contributed by atoms with E-state index in [-0.39, 0.29) is 18.6 Å². The number of amides is 1. The minimum Gasteiger partial charge on any atom is -0.394 e. The Labute approximate surface area is 121 Å². The monoisotopic (exact) mass is 275 g/mol. The van der Waals surface area contributed by atoms with Gasteiger partial charge in [0.2, 0.25) is 0 Å². The van der Waals surface area contributed by atoms with Gasteiger partial charge in [0.15, 0.2) is 0 Å². The molecule has 1 unspecified atom stereocenters. The van der Waals surface area contributed by atoms with Crippen molar-refractivity contribution in [1.82, 2.24) is 5.32 Å². The van der Waals surface area contributed by atoms with E-state index in [1.54, 1.807) is 6.07 Å². The van der Waals surface area contributed by atoms with Crippen LogP contribution < -0.4 is 5.32 Å². The molecule has 1 rings (SSSR count). The Morgan fingerprint density at radius 1 is 1.40 bits per heavy atom. The molecule has 1 atom stereocenters. The van der Waals surface area contributed by atoms with Gasteiger partial charge >= 0.3 is 0 Å². The van der Waals surface area contributed by atoms with Crippen LogP contribution in [0, 0.1) is 0 Å². The molecule has 2 N–H and O–H groups in total. The van der Waals surface area contributed by atoms with Crippen LogP contribution in [0.25, 0.3) is 6.08 Å². The number of unbranched alkanes of at least 4 members (excludes halogenated alkanes) is 2. The molecule has 0 radical (unpaired) electrons. The first-order valence-electron chi connectivity index (χ1n) is 7.39. The van der Waals surface area contributed by atoms with E-state index in [9.17, 15) is 4.79 Å². The average Bonchev–Trinajstić information content (AvgIpc) is 2.49. The van der Waals surface area contributed by atoms with Crippen molar-refractivity contribution in [3.05, 3.63) is 41.5 Å². The number of nitrogens with one attached hydrogen (secondary N) is 1. The van der Waals surface area contributed by atoms with Gasteiger partial charge in [0.05, 0.1) is 12.6 Å². The highest BCUT2D eigenvalue weighted by Gasteiger charge is 2.10. The molecule has 0 aliphatic rings. The van der Waals surface area contributed by atoms with Crippen molar-refractivity contribution in [2.24, 2.45) is 0 Å². The molecule has 0 saturated carbocycles. The Bertz CT molecular complexity index is 436. The Kier molecular flexibility index (Phi) is 7.66. The van der Waals surface area contributed by atoms with Crippen LogP contribution in [0.4, 0.5) is 0 Å². The molecule has 0 aliphatic heterocycles. The maximum atomic E-state index is 12.1. The molecule has 0 fully saturated rings. The third-order valence-corrected chi connectivity index (χ3v) is 3.23. The van der Waals surface area contributed by atoms with Gasteiger partial charge in [-0.05, 0) is 30.5 Å². The lowest BCUT2D eigenvalue weighted by atomic mass is 10.1. The van der Waals surface area contributed by atoms with Crippen molar-refractivity contribution >= 4 is 12.0 Å². The van der Waals surface area contributed by atoms with Gasteiger partial charge in [0, 0.05) is 5.56 Å². The van der Waals surface area contributed by atoms with Crippen LogP contribution in [-0.4, -0.2) is 23.7 Å². The van der Waals surface area contributed by atoms with Crippen LogP contribution >= 0.6 is 0 Å². The maximum absolute atomic E-state index is 12.1. The van der Waals surface area contributed by atoms with E-state index in [2.05, 4.69) is 24.4 Å². The van der Waals surface area contributed by atoms with E-state index in [0.29, 0.717) is 5.56 Å². The summed E-state index contributed by atoms with van der Waals surface area (Å²) in [5.74, 6) is -0.130. The van der Waals surface area contributed by atoms with Gasteiger partial charge in [-0.25, -0.2) is 0 Å². The summed E-state index contributed by atoms with van der Waals surface area (Å²) >= 11 is 0. The molecule has 1 aromatic carbocycles. The molecule has 0 spiro atoms. The van der Waals surface area contributed by atoms with Crippen LogP contribution in [0.15, 0.2) is 30.3 Å². The van der Waals surface area contributed by atoms with Crippen LogP contribution in [-0.2, 0) is 0 Å². The zero-order valence-corrected chi connectivity index (χ0v) is 12.4. The highest BCUT2D eigenvalue weighted by molar-refractivity contribution is 5.94. The zero-order chi connectivity index (χ0) is 14.8. The van der Waals surface area contributed by atoms with Crippen molar-refractivity contribution < 1.29 is 9.90 Å². The molecule has 3 heteroatoms. The zero-order valence-electron chi connectivity index (χ0n) is 12.4. The fourth-order valence-electron chi connectivity index (χ4n) is 1.87. The fraction of sp³-hybridized carbons (Fsp3) is 0.471. The van der Waals surface area contributed by atoms with Gasteiger partial charge in [-0.1, -0.05) is 51.0 Å². The summed E-state index contributed by atoms with van der Waals surface area (Å²) in [6, 6.07) is 7.37. The van der Waals surface area contributed by atoms with E-state index in [4.69, 9.17) is 5.11 Å². The summed E-state index contributed by atoms with van der Waals surface area (Å²) in [5, 5.41) is 11.9. The van der Waals surface area contributed by atoms with Crippen molar-refractivity contribution in [2.75, 3.05) is 6.61 Å². The first kappa shape index (κ1) is 16.4. The Morgan fingerprint density at radius 2 is 2.20 bits per heavy atom. The van der Waals surface area contributed by atoms with Gasteiger partial charge in [-0.2, -0.15) is 0 Å². The number of benzene rings is 1. The summed E-state index contributed by atoms with van der Waals surface area (Å²) in [6.45, 7) is 4.08. The molecule has 110 valence electrons. The van der Waals surface area contributed by atoms with Crippen LogP contribution in [0.1, 0.15) is 55.5 Å². The van der Waals surface area contributed by atoms with Gasteiger partial charge in [-0.3, -0.25) is 4.79 Å². The minimum atomic E-state index is -0.175. The molecule has 0 heterocycles. The largest absolute Gasteiger partial charge is 0.394 e. The quantitative estimate of drug-likeness (QED) is 0.714. The van der Waals surface area contributed by atoms with Crippen molar-refractivity contribution in [1.29, 1.82) is 0 Å². The number of hydrogen-bond acceptors (Lipinski definition) is 2. The normalized spacial score (nSPS) is 12.6. The molecule has 0 aromatic heterocycles. The van der Waals surface area contributed by atoms with Crippen molar-refractivity contribution in [3.8, 4) is 0 Å². The lowest BCUT2D eigenvalue weighted by molar-refractivity contribution is 0.0915. The van der Waals surface area contributed by atoms with Crippen LogP contribution in [0.3, 0.4) is 0 Å². The first-order valence-corrected chi connectivity index (χ1v) is 7.39. The Balaban J connectivity index is 2.67. The Hall–Kier alpha value is -1.61. The molecule has 20 heavy (non-hydrogen) atoms. The molecule has 1 aromatic rings. The number of allylic oxidation sites excluding steroid dienone is 1. The second-order valence-electron chi connectivity index (χ2n) is 4.93. The van der Waals surface area contributed by atoms with Gasteiger partial charge in [0.25, 0.3) is 5.91 Å². The first-order chi connectivity index (χ1) is 9.71. The lowest BCUT2D eigenvalue weighted by Crippen LogP contribution is -2.36. The van der Waals surface area contributed by atoms with Gasteiger partial charge in [-0.15, -0.1) is 0 Å². The number of hydrogen-bond donors (Lipinski definition) is 2. The van der Waals surface area contributed by atoms with E-state index < -0.39 is 0 Å². The summed E-state index contributed by atoms with van der Waals surface area (Å²) in [4.78, 5) is 12.1. The summed E-state index contributed by atoms with van der Waals surface area (Å²) in [5.41, 5.74) is 1.67. The standard InChI is InChI=1S/C17H25NO2/c1-3-5-6-7-9-14-10-8-11-15(12-14)17(20)18-16(4-2)13-19/h7-12,16,19H,3-6,13H2,1-2H3,(H,18,20)/b9-7-. The van der Waals surface area contributed by atoms with Crippen molar-refractivity contribution in [3.63, 3.8) is 0 Å². The third kappa shape index (κ3) is 5.57. The molecule has 1 amide bonds. The highest BCUT2D eigenvalue weighted by Crippen LogP contribution is 2.09. The third-order valence-electron chi connectivity index (χ3n) is 3.23. The summed E-state index contributed by atoms with van der Waals surface area (Å²) < 4.78 is 0. The van der Waals surface area contributed by atoms with Gasteiger partial charge in [0.1, 0.15) is 0 Å². The summed E-state index contributed by atoms with van der Waals surface area (Å²) in [6.07, 6.45) is 8.35. The van der Waals surface area contributed by atoms with E-state index in [1.807, 2.05) is 25.1 Å². The molecule has 0 bridgehead atoms. The second kappa shape index (κ2) is 9.32. The predicted octanol–water partition coefficient (Wildman–Crippen LogP) is 3.39. The lowest BCUT2D eigenvalue weighted by Gasteiger charge is -2.14. The predicted molar refractivity (Wildman–Crippen MR) is 83.6 cm³/mol. The average molecular weight is 275 g/mol. The fourth-order valence-corrected chi connectivity index (χ4v) is 1.87. The highest BCUT2D eigenvalue weighted by atomic mass is 16.3. The Morgan fingerprint density at radius 3 is 2.85 bits per heavy atom. The van der Waals surface area contributed by atoms with E-state index in [0.717, 1.165) is 18.4 Å². The molecule has 0 saturated heterocycles. The minimum absolute atomic E-state index is 0.0289. The van der Waals surface area contributed by atoms with Crippen LogP contribution in [0.5, 0.6) is 0 Å². The number of aliphatic hydroxyl groups is 1. The molecule has 3 nitrogen and oxygen atoms in total. The number of rotatable bonds is 8. The van der Waals surface area contributed by atoms with Crippen LogP contribution in [0.2, 0.25) is 0 Å². The summed E-state index contributed by atoms with van der Waals surface area (Å²) in [7, 11) is 0. The van der Waals surface area contributed by atoms with E-state index >= 15 is 0 Å². The number of aliphatic hydroxyl groups excluding tert-OH is 1. The number of carbonyl (C=O) groups excluding carboxylic acids is 1. The van der Waals surface area contributed by atoms with Gasteiger partial charge < -0.3 is 10.4 Å². The molecular formula is C17H25NO2. The maximum Gasteiger partial charge on any atom is 0.251 e. The smallest absolute Gasteiger partial charge is 0.251 e.